The molecule has 2 heterocycles. The van der Waals surface area contributed by atoms with Crippen LogP contribution in [0.15, 0.2) is 27.8 Å². The molecule has 2 N–H and O–H groups in total. The van der Waals surface area contributed by atoms with Gasteiger partial charge in [0.05, 0.1) is 19.5 Å². The van der Waals surface area contributed by atoms with Crippen LogP contribution in [0.4, 0.5) is 0 Å². The molecule has 0 unspecified atom stereocenters. The molecule has 1 saturated carbocycles. The Kier molecular flexibility index (Phi) is 12.7. The Hall–Kier alpha value is -0.840. The van der Waals surface area contributed by atoms with Crippen LogP contribution >= 0.6 is 24.0 Å². The van der Waals surface area contributed by atoms with Crippen molar-refractivity contribution in [3.05, 3.63) is 24.2 Å². The summed E-state index contributed by atoms with van der Waals surface area (Å²) in [4.78, 5) is 7.17. The Bertz CT molecular complexity index is 546. The van der Waals surface area contributed by atoms with E-state index < -0.39 is 0 Å². The third kappa shape index (κ3) is 11.2. The fraction of sp³-hybridized carbons (Fsp3) is 0.762. The van der Waals surface area contributed by atoms with E-state index in [1.807, 2.05) is 12.1 Å². The molecule has 2 aliphatic rings. The van der Waals surface area contributed by atoms with Gasteiger partial charge in [-0.3, -0.25) is 9.89 Å². The zero-order valence-electron chi connectivity index (χ0n) is 17.4. The zero-order chi connectivity index (χ0) is 19.3. The Morgan fingerprint density at radius 1 is 1.17 bits per heavy atom. The Labute approximate surface area is 192 Å². The molecule has 8 heteroatoms. The van der Waals surface area contributed by atoms with E-state index in [0.717, 1.165) is 103 Å². The van der Waals surface area contributed by atoms with Gasteiger partial charge in [0.25, 0.3) is 0 Å². The number of halogens is 1. The number of hydrogen-bond donors (Lipinski definition) is 2. The van der Waals surface area contributed by atoms with Gasteiger partial charge in [-0.1, -0.05) is 0 Å². The third-order valence-electron chi connectivity index (χ3n) is 5.06. The van der Waals surface area contributed by atoms with Gasteiger partial charge in [0, 0.05) is 52.4 Å². The number of furan rings is 1. The van der Waals surface area contributed by atoms with Crippen molar-refractivity contribution in [1.29, 1.82) is 0 Å². The highest BCUT2D eigenvalue weighted by atomic mass is 127. The van der Waals surface area contributed by atoms with E-state index in [0.29, 0.717) is 0 Å². The summed E-state index contributed by atoms with van der Waals surface area (Å²) in [5.74, 6) is 2.71. The number of nitrogens with zero attached hydrogens (tertiary/aromatic N) is 2. The molecule has 0 radical (unpaired) electrons. The highest BCUT2D eigenvalue weighted by molar-refractivity contribution is 14.0. The number of hydrogen-bond acceptors (Lipinski definition) is 5. The van der Waals surface area contributed by atoms with Crippen LogP contribution < -0.4 is 10.6 Å². The zero-order valence-corrected chi connectivity index (χ0v) is 19.8. The molecule has 7 nitrogen and oxygen atoms in total. The van der Waals surface area contributed by atoms with Gasteiger partial charge in [0.15, 0.2) is 5.96 Å². The van der Waals surface area contributed by atoms with E-state index in [1.54, 1.807) is 6.26 Å². The van der Waals surface area contributed by atoms with Gasteiger partial charge in [-0.05, 0) is 50.3 Å². The lowest BCUT2D eigenvalue weighted by Crippen LogP contribution is -2.41. The van der Waals surface area contributed by atoms with Gasteiger partial charge in [0.1, 0.15) is 5.76 Å². The molecular weight excluding hydrogens is 483 g/mol. The van der Waals surface area contributed by atoms with Crippen LogP contribution in [0, 0.1) is 5.92 Å². The largest absolute Gasteiger partial charge is 0.469 e. The van der Waals surface area contributed by atoms with Crippen molar-refractivity contribution >= 4 is 29.9 Å². The van der Waals surface area contributed by atoms with Crippen molar-refractivity contribution in [2.75, 3.05) is 65.7 Å². The fourth-order valence-electron chi connectivity index (χ4n) is 3.16. The highest BCUT2D eigenvalue weighted by Crippen LogP contribution is 2.28. The van der Waals surface area contributed by atoms with E-state index in [9.17, 15) is 0 Å². The topological polar surface area (TPSA) is 71.3 Å². The van der Waals surface area contributed by atoms with Crippen LogP contribution in [0.2, 0.25) is 0 Å². The molecule has 1 aromatic heterocycles. The minimum atomic E-state index is 0. The van der Waals surface area contributed by atoms with Crippen LogP contribution in [0.5, 0.6) is 0 Å². The second kappa shape index (κ2) is 15.0. The van der Waals surface area contributed by atoms with Gasteiger partial charge >= 0.3 is 0 Å². The normalized spacial score (nSPS) is 17.7. The van der Waals surface area contributed by atoms with E-state index in [4.69, 9.17) is 18.9 Å². The standard InChI is InChI=1S/C21H36N4O3.HI/c1-4-20(28-15-1)7-10-24-21(23-9-3-14-27-18-19-5-6-19)22-8-2-11-25-12-16-26-17-13-25;/h1,4,15,19H,2-3,5-14,16-18H2,(H2,22,23,24);1H. The van der Waals surface area contributed by atoms with Gasteiger partial charge in [-0.2, -0.15) is 0 Å². The van der Waals surface area contributed by atoms with Gasteiger partial charge < -0.3 is 24.5 Å². The van der Waals surface area contributed by atoms with E-state index in [2.05, 4.69) is 15.5 Å². The van der Waals surface area contributed by atoms with Crippen molar-refractivity contribution in [3.8, 4) is 0 Å². The first kappa shape index (κ1) is 24.4. The van der Waals surface area contributed by atoms with Crippen molar-refractivity contribution < 1.29 is 13.9 Å². The molecule has 1 aliphatic heterocycles. The number of rotatable bonds is 13. The SMILES string of the molecule is I.c1coc(CCNC(=NCCCOCC2CC2)NCCCN2CCOCC2)c1. The Balaban J connectivity index is 0.00000300. The molecule has 3 rings (SSSR count). The number of morpholine rings is 1. The lowest BCUT2D eigenvalue weighted by molar-refractivity contribution is 0.0376. The van der Waals surface area contributed by atoms with Crippen LogP contribution in [-0.4, -0.2) is 76.6 Å². The number of aliphatic imine (C=N–C) groups is 1. The molecule has 0 atom stereocenters. The molecular formula is C21H37IN4O3. The van der Waals surface area contributed by atoms with Crippen molar-refractivity contribution in [2.24, 2.45) is 10.9 Å². The molecule has 0 bridgehead atoms. The lowest BCUT2D eigenvalue weighted by Gasteiger charge is -2.26. The second-order valence-corrected chi connectivity index (χ2v) is 7.59. The van der Waals surface area contributed by atoms with Crippen molar-refractivity contribution in [1.82, 2.24) is 15.5 Å². The minimum Gasteiger partial charge on any atom is -0.469 e. The maximum atomic E-state index is 5.70. The predicted molar refractivity (Wildman–Crippen MR) is 126 cm³/mol. The van der Waals surface area contributed by atoms with Crippen LogP contribution in [0.3, 0.4) is 0 Å². The smallest absolute Gasteiger partial charge is 0.191 e. The molecule has 1 aliphatic carbocycles. The summed E-state index contributed by atoms with van der Waals surface area (Å²) in [6, 6.07) is 3.93. The lowest BCUT2D eigenvalue weighted by atomic mass is 10.3. The third-order valence-corrected chi connectivity index (χ3v) is 5.06. The van der Waals surface area contributed by atoms with Crippen LogP contribution in [0.25, 0.3) is 0 Å². The number of ether oxygens (including phenoxy) is 2. The summed E-state index contributed by atoms with van der Waals surface area (Å²) in [6.07, 6.45) is 7.32. The van der Waals surface area contributed by atoms with Gasteiger partial charge in [-0.25, -0.2) is 0 Å². The number of guanidine groups is 1. The quantitative estimate of drug-likeness (QED) is 0.180. The van der Waals surface area contributed by atoms with E-state index in [1.165, 1.54) is 12.8 Å². The fourth-order valence-corrected chi connectivity index (χ4v) is 3.16. The van der Waals surface area contributed by atoms with Crippen LogP contribution in [-0.2, 0) is 15.9 Å². The van der Waals surface area contributed by atoms with E-state index >= 15 is 0 Å². The molecule has 1 saturated heterocycles. The Morgan fingerprint density at radius 2 is 2.00 bits per heavy atom. The monoisotopic (exact) mass is 520 g/mol. The summed E-state index contributed by atoms with van der Waals surface area (Å²) >= 11 is 0. The second-order valence-electron chi connectivity index (χ2n) is 7.59. The predicted octanol–water partition coefficient (Wildman–Crippen LogP) is 2.51. The summed E-state index contributed by atoms with van der Waals surface area (Å²) < 4.78 is 16.5. The van der Waals surface area contributed by atoms with Crippen molar-refractivity contribution in [3.63, 3.8) is 0 Å². The van der Waals surface area contributed by atoms with Gasteiger partial charge in [0.2, 0.25) is 0 Å². The van der Waals surface area contributed by atoms with Gasteiger partial charge in [-0.15, -0.1) is 24.0 Å². The first-order chi connectivity index (χ1) is 13.9. The molecule has 29 heavy (non-hydrogen) atoms. The first-order valence-electron chi connectivity index (χ1n) is 10.8. The maximum Gasteiger partial charge on any atom is 0.191 e. The summed E-state index contributed by atoms with van der Waals surface area (Å²) in [5, 5.41) is 6.89. The first-order valence-corrected chi connectivity index (χ1v) is 10.8. The summed E-state index contributed by atoms with van der Waals surface area (Å²) in [7, 11) is 0. The molecule has 0 amide bonds. The van der Waals surface area contributed by atoms with E-state index in [-0.39, 0.29) is 24.0 Å². The molecule has 0 aromatic carbocycles. The maximum absolute atomic E-state index is 5.70. The summed E-state index contributed by atoms with van der Waals surface area (Å²) in [5.41, 5.74) is 0. The average Bonchev–Trinajstić information content (AvgIpc) is 3.41. The number of nitrogens with one attached hydrogen (secondary N) is 2. The molecule has 166 valence electrons. The average molecular weight is 520 g/mol. The summed E-state index contributed by atoms with van der Waals surface area (Å²) in [6.45, 7) is 9.15. The van der Waals surface area contributed by atoms with Crippen molar-refractivity contribution in [2.45, 2.75) is 32.1 Å². The molecule has 1 aromatic rings. The molecule has 0 spiro atoms. The van der Waals surface area contributed by atoms with Crippen LogP contribution in [0.1, 0.15) is 31.4 Å². The highest BCUT2D eigenvalue weighted by Gasteiger charge is 2.20. The Morgan fingerprint density at radius 3 is 2.76 bits per heavy atom. The molecule has 2 fully saturated rings. The minimum absolute atomic E-state index is 0.